The van der Waals surface area contributed by atoms with Gasteiger partial charge >= 0.3 is 0 Å². The molecule has 1 saturated heterocycles. The third kappa shape index (κ3) is 3.83. The number of rotatable bonds is 6. The molecule has 1 aliphatic rings. The first-order chi connectivity index (χ1) is 9.01. The average molecular weight is 430 g/mol. The number of sulfone groups is 1. The van der Waals surface area contributed by atoms with E-state index in [1.54, 1.807) is 11.3 Å². The van der Waals surface area contributed by atoms with Gasteiger partial charge in [0, 0.05) is 10.7 Å². The molecule has 0 saturated carbocycles. The molecule has 1 aliphatic heterocycles. The summed E-state index contributed by atoms with van der Waals surface area (Å²) < 4.78 is 23.4. The van der Waals surface area contributed by atoms with Crippen LogP contribution < -0.4 is 0 Å². The second kappa shape index (κ2) is 6.58. The monoisotopic (exact) mass is 428 g/mol. The number of hydrogen-bond acceptors (Lipinski definition) is 3. The lowest BCUT2D eigenvalue weighted by Gasteiger charge is -2.35. The van der Waals surface area contributed by atoms with Crippen molar-refractivity contribution >= 4 is 53.0 Å². The molecular formula is C13H18Br2O2S2. The molecule has 108 valence electrons. The first kappa shape index (κ1) is 16.0. The fourth-order valence-electron chi connectivity index (χ4n) is 2.70. The predicted molar refractivity (Wildman–Crippen MR) is 89.4 cm³/mol. The Bertz CT molecular complexity index is 493. The molecule has 2 heterocycles. The lowest BCUT2D eigenvalue weighted by Crippen LogP contribution is -2.35. The molecule has 1 fully saturated rings. The van der Waals surface area contributed by atoms with Gasteiger partial charge in [0.25, 0.3) is 0 Å². The van der Waals surface area contributed by atoms with Crippen molar-refractivity contribution < 1.29 is 8.42 Å². The summed E-state index contributed by atoms with van der Waals surface area (Å²) in [4.78, 5) is 0. The molecule has 2 nitrogen and oxygen atoms in total. The Morgan fingerprint density at radius 3 is 2.58 bits per heavy atom. The van der Waals surface area contributed by atoms with E-state index in [0.29, 0.717) is 11.5 Å². The summed E-state index contributed by atoms with van der Waals surface area (Å²) in [6.45, 7) is 0. The maximum absolute atomic E-state index is 11.7. The van der Waals surface area contributed by atoms with Crippen LogP contribution in [0.25, 0.3) is 0 Å². The lowest BCUT2D eigenvalue weighted by molar-refractivity contribution is 0.235. The van der Waals surface area contributed by atoms with Crippen LogP contribution >= 0.6 is 43.2 Å². The summed E-state index contributed by atoms with van der Waals surface area (Å²) >= 11 is 8.96. The molecule has 0 amide bonds. The highest BCUT2D eigenvalue weighted by Crippen LogP contribution is 2.42. The SMILES string of the molecule is O=S1(=O)CCC(C(CBr)(CBr)CCc2ccsc2)C1. The molecule has 0 radical (unpaired) electrons. The van der Waals surface area contributed by atoms with Gasteiger partial charge in [0.15, 0.2) is 9.84 Å². The van der Waals surface area contributed by atoms with Gasteiger partial charge in [0.05, 0.1) is 11.5 Å². The Morgan fingerprint density at radius 2 is 2.11 bits per heavy atom. The number of aryl methyl sites for hydroxylation is 1. The van der Waals surface area contributed by atoms with Gasteiger partial charge in [-0.25, -0.2) is 8.42 Å². The van der Waals surface area contributed by atoms with Gasteiger partial charge in [-0.2, -0.15) is 11.3 Å². The lowest BCUT2D eigenvalue weighted by atomic mass is 9.74. The first-order valence-electron chi connectivity index (χ1n) is 6.35. The van der Waals surface area contributed by atoms with Crippen LogP contribution in [0.5, 0.6) is 0 Å². The van der Waals surface area contributed by atoms with Crippen molar-refractivity contribution in [2.24, 2.45) is 11.3 Å². The quantitative estimate of drug-likeness (QED) is 0.642. The molecule has 0 bridgehead atoms. The molecule has 2 rings (SSSR count). The molecular weight excluding hydrogens is 412 g/mol. The fourth-order valence-corrected chi connectivity index (χ4v) is 7.75. The van der Waals surface area contributed by atoms with Crippen LogP contribution in [0, 0.1) is 11.3 Å². The van der Waals surface area contributed by atoms with E-state index in [4.69, 9.17) is 0 Å². The molecule has 0 aromatic carbocycles. The Labute approximate surface area is 136 Å². The maximum Gasteiger partial charge on any atom is 0.150 e. The zero-order valence-corrected chi connectivity index (χ0v) is 15.5. The van der Waals surface area contributed by atoms with Gasteiger partial charge in [0.1, 0.15) is 0 Å². The second-order valence-corrected chi connectivity index (χ2v) is 9.49. The van der Waals surface area contributed by atoms with E-state index in [1.165, 1.54) is 5.56 Å². The summed E-state index contributed by atoms with van der Waals surface area (Å²) in [6, 6.07) is 2.16. The molecule has 0 aliphatic carbocycles. The number of thiophene rings is 1. The number of halogens is 2. The van der Waals surface area contributed by atoms with Crippen molar-refractivity contribution in [3.05, 3.63) is 22.4 Å². The Hall–Kier alpha value is 0.610. The first-order valence-corrected chi connectivity index (χ1v) is 11.4. The van der Waals surface area contributed by atoms with Crippen molar-refractivity contribution in [1.29, 1.82) is 0 Å². The highest BCUT2D eigenvalue weighted by atomic mass is 79.9. The van der Waals surface area contributed by atoms with E-state index in [1.807, 2.05) is 0 Å². The summed E-state index contributed by atoms with van der Waals surface area (Å²) in [5, 5.41) is 5.99. The average Bonchev–Trinajstić information content (AvgIpc) is 3.01. The van der Waals surface area contributed by atoms with Crippen LogP contribution in [0.2, 0.25) is 0 Å². The van der Waals surface area contributed by atoms with Crippen molar-refractivity contribution in [3.8, 4) is 0 Å². The normalized spacial score (nSPS) is 22.7. The Kier molecular flexibility index (Phi) is 5.54. The molecule has 0 spiro atoms. The summed E-state index contributed by atoms with van der Waals surface area (Å²) in [5.74, 6) is 0.987. The van der Waals surface area contributed by atoms with Crippen LogP contribution in [-0.4, -0.2) is 30.6 Å². The van der Waals surface area contributed by atoms with E-state index in [9.17, 15) is 8.42 Å². The van der Waals surface area contributed by atoms with Gasteiger partial charge in [0.2, 0.25) is 0 Å². The Balaban J connectivity index is 2.09. The van der Waals surface area contributed by atoms with Crippen LogP contribution in [-0.2, 0) is 16.3 Å². The second-order valence-electron chi connectivity index (χ2n) is 5.36. The van der Waals surface area contributed by atoms with E-state index < -0.39 is 9.84 Å². The zero-order chi connectivity index (χ0) is 13.9. The zero-order valence-electron chi connectivity index (χ0n) is 10.6. The number of alkyl halides is 2. The highest BCUT2D eigenvalue weighted by molar-refractivity contribution is 9.09. The predicted octanol–water partition coefficient (Wildman–Crippen LogP) is 3.89. The van der Waals surface area contributed by atoms with Crippen molar-refractivity contribution in [1.82, 2.24) is 0 Å². The van der Waals surface area contributed by atoms with E-state index in [2.05, 4.69) is 48.7 Å². The van der Waals surface area contributed by atoms with E-state index in [-0.39, 0.29) is 11.3 Å². The molecule has 1 atom stereocenters. The van der Waals surface area contributed by atoms with Crippen LogP contribution in [0.3, 0.4) is 0 Å². The van der Waals surface area contributed by atoms with Gasteiger partial charge in [-0.1, -0.05) is 31.9 Å². The summed E-state index contributed by atoms with van der Waals surface area (Å²) in [5.41, 5.74) is 1.41. The summed E-state index contributed by atoms with van der Waals surface area (Å²) in [6.07, 6.45) is 2.86. The van der Waals surface area contributed by atoms with Gasteiger partial charge < -0.3 is 0 Å². The molecule has 0 N–H and O–H groups in total. The van der Waals surface area contributed by atoms with Crippen LogP contribution in [0.15, 0.2) is 16.8 Å². The molecule has 19 heavy (non-hydrogen) atoms. The minimum atomic E-state index is -2.81. The minimum Gasteiger partial charge on any atom is -0.229 e. The Morgan fingerprint density at radius 1 is 1.37 bits per heavy atom. The van der Waals surface area contributed by atoms with E-state index in [0.717, 1.165) is 29.9 Å². The smallest absolute Gasteiger partial charge is 0.150 e. The molecule has 1 aromatic rings. The topological polar surface area (TPSA) is 34.1 Å². The van der Waals surface area contributed by atoms with Crippen molar-refractivity contribution in [2.45, 2.75) is 19.3 Å². The molecule has 6 heteroatoms. The van der Waals surface area contributed by atoms with Gasteiger partial charge in [-0.3, -0.25) is 0 Å². The highest BCUT2D eigenvalue weighted by Gasteiger charge is 2.43. The van der Waals surface area contributed by atoms with Gasteiger partial charge in [-0.15, -0.1) is 0 Å². The fraction of sp³-hybridized carbons (Fsp3) is 0.692. The van der Waals surface area contributed by atoms with Crippen molar-refractivity contribution in [3.63, 3.8) is 0 Å². The van der Waals surface area contributed by atoms with E-state index >= 15 is 0 Å². The molecule has 1 aromatic heterocycles. The van der Waals surface area contributed by atoms with Gasteiger partial charge in [-0.05, 0) is 53.0 Å². The maximum atomic E-state index is 11.7. The molecule has 1 unspecified atom stereocenters. The standard InChI is InChI=1S/C13H18Br2O2S2/c14-9-13(10-15,4-1-11-2-5-18-7-11)12-3-6-19(16,17)8-12/h2,5,7,12H,1,3-4,6,8-10H2. The third-order valence-electron chi connectivity index (χ3n) is 4.12. The largest absolute Gasteiger partial charge is 0.229 e. The minimum absolute atomic E-state index is 0.0471. The third-order valence-corrected chi connectivity index (χ3v) is 8.86. The number of hydrogen-bond donors (Lipinski definition) is 0. The van der Waals surface area contributed by atoms with Crippen molar-refractivity contribution in [2.75, 3.05) is 22.2 Å². The van der Waals surface area contributed by atoms with Crippen LogP contribution in [0.1, 0.15) is 18.4 Å². The van der Waals surface area contributed by atoms with Crippen LogP contribution in [0.4, 0.5) is 0 Å². The summed E-state index contributed by atoms with van der Waals surface area (Å²) in [7, 11) is -2.81.